The summed E-state index contributed by atoms with van der Waals surface area (Å²) >= 11 is 0. The lowest BCUT2D eigenvalue weighted by molar-refractivity contribution is -0.384. The Balaban J connectivity index is 2.23. The van der Waals surface area contributed by atoms with Crippen LogP contribution in [-0.4, -0.2) is 34.4 Å². The van der Waals surface area contributed by atoms with Crippen LogP contribution in [0.15, 0.2) is 18.2 Å². The van der Waals surface area contributed by atoms with E-state index in [1.165, 1.54) is 0 Å². The minimum Gasteiger partial charge on any atom is -0.478 e. The van der Waals surface area contributed by atoms with Crippen LogP contribution in [0.2, 0.25) is 0 Å². The monoisotopic (exact) mass is 293 g/mol. The van der Waals surface area contributed by atoms with Crippen LogP contribution >= 0.6 is 0 Å². The van der Waals surface area contributed by atoms with Crippen molar-refractivity contribution >= 4 is 29.2 Å². The number of benzene rings is 1. The van der Waals surface area contributed by atoms with Gasteiger partial charge in [-0.25, -0.2) is 4.79 Å². The normalized spacial score (nSPS) is 17.1. The molecule has 110 valence electrons. The summed E-state index contributed by atoms with van der Waals surface area (Å²) in [5, 5.41) is 24.6. The van der Waals surface area contributed by atoms with E-state index >= 15 is 0 Å². The average molecular weight is 293 g/mol. The molecule has 9 nitrogen and oxygen atoms in total. The van der Waals surface area contributed by atoms with Gasteiger partial charge in [0.15, 0.2) is 0 Å². The standard InChI is InChI=1S/C12H11N3O6/c16-10-3-6(5-13-10)11(17)14-9-2-1-7(15(20)21)4-8(9)12(18)19/h1-2,4,6H,3,5H2,(H,13,16)(H,14,17)(H,18,19). The lowest BCUT2D eigenvalue weighted by Gasteiger charge is -2.11. The molecule has 1 aromatic rings. The number of nitro groups is 1. The van der Waals surface area contributed by atoms with Gasteiger partial charge in [0, 0.05) is 25.1 Å². The Morgan fingerprint density at radius 2 is 2.14 bits per heavy atom. The van der Waals surface area contributed by atoms with Crippen molar-refractivity contribution in [3.05, 3.63) is 33.9 Å². The largest absolute Gasteiger partial charge is 0.478 e. The number of non-ortho nitro benzene ring substituents is 1. The van der Waals surface area contributed by atoms with E-state index in [1.807, 2.05) is 0 Å². The Bertz CT molecular complexity index is 642. The summed E-state index contributed by atoms with van der Waals surface area (Å²) in [4.78, 5) is 44.0. The van der Waals surface area contributed by atoms with Gasteiger partial charge in [0.2, 0.25) is 11.8 Å². The molecule has 0 spiro atoms. The van der Waals surface area contributed by atoms with Gasteiger partial charge in [-0.1, -0.05) is 0 Å². The molecule has 1 aliphatic rings. The first-order valence-electron chi connectivity index (χ1n) is 5.98. The molecule has 0 radical (unpaired) electrons. The fraction of sp³-hybridized carbons (Fsp3) is 0.250. The first-order chi connectivity index (χ1) is 9.88. The minimum atomic E-state index is -1.39. The van der Waals surface area contributed by atoms with Crippen molar-refractivity contribution in [2.45, 2.75) is 6.42 Å². The van der Waals surface area contributed by atoms with Crippen LogP contribution in [0.5, 0.6) is 0 Å². The Kier molecular flexibility index (Phi) is 3.83. The number of hydrogen-bond acceptors (Lipinski definition) is 5. The average Bonchev–Trinajstić information content (AvgIpc) is 2.85. The second-order valence-electron chi connectivity index (χ2n) is 4.49. The SMILES string of the molecule is O=C1CC(C(=O)Nc2ccc([N+](=O)[O-])cc2C(=O)O)CN1. The zero-order valence-electron chi connectivity index (χ0n) is 10.7. The van der Waals surface area contributed by atoms with Crippen LogP contribution in [0.25, 0.3) is 0 Å². The van der Waals surface area contributed by atoms with Crippen LogP contribution in [0, 0.1) is 16.0 Å². The molecule has 1 saturated heterocycles. The van der Waals surface area contributed by atoms with Crippen molar-refractivity contribution in [1.29, 1.82) is 0 Å². The maximum atomic E-state index is 11.9. The number of carboxylic acids is 1. The lowest BCUT2D eigenvalue weighted by Crippen LogP contribution is -2.25. The predicted octanol–water partition coefficient (Wildman–Crippen LogP) is 0.368. The second-order valence-corrected chi connectivity index (χ2v) is 4.49. The van der Waals surface area contributed by atoms with Crippen molar-refractivity contribution in [2.24, 2.45) is 5.92 Å². The molecule has 1 unspecified atom stereocenters. The summed E-state index contributed by atoms with van der Waals surface area (Å²) in [6.45, 7) is 0.181. The van der Waals surface area contributed by atoms with E-state index < -0.39 is 22.7 Å². The van der Waals surface area contributed by atoms with Gasteiger partial charge in [-0.3, -0.25) is 19.7 Å². The minimum absolute atomic E-state index is 0.0290. The Morgan fingerprint density at radius 1 is 1.43 bits per heavy atom. The van der Waals surface area contributed by atoms with Crippen molar-refractivity contribution in [3.63, 3.8) is 0 Å². The van der Waals surface area contributed by atoms with Crippen molar-refractivity contribution < 1.29 is 24.4 Å². The van der Waals surface area contributed by atoms with Gasteiger partial charge >= 0.3 is 5.97 Å². The van der Waals surface area contributed by atoms with Gasteiger partial charge in [-0.15, -0.1) is 0 Å². The highest BCUT2D eigenvalue weighted by Crippen LogP contribution is 2.23. The fourth-order valence-electron chi connectivity index (χ4n) is 1.96. The lowest BCUT2D eigenvalue weighted by atomic mass is 10.1. The quantitative estimate of drug-likeness (QED) is 0.541. The summed E-state index contributed by atoms with van der Waals surface area (Å²) in [6.07, 6.45) is 0.0290. The topological polar surface area (TPSA) is 139 Å². The molecular formula is C12H11N3O6. The summed E-state index contributed by atoms with van der Waals surface area (Å²) < 4.78 is 0. The van der Waals surface area contributed by atoms with Gasteiger partial charge in [0.1, 0.15) is 0 Å². The highest BCUT2D eigenvalue weighted by molar-refractivity contribution is 6.03. The highest BCUT2D eigenvalue weighted by atomic mass is 16.6. The summed E-state index contributed by atoms with van der Waals surface area (Å²) in [5.41, 5.74) is -0.810. The molecule has 2 rings (SSSR count). The third-order valence-corrected chi connectivity index (χ3v) is 3.05. The number of carboxylic acid groups (broad SMARTS) is 1. The van der Waals surface area contributed by atoms with Crippen LogP contribution < -0.4 is 10.6 Å². The van der Waals surface area contributed by atoms with Crippen LogP contribution in [-0.2, 0) is 9.59 Å². The number of carbonyl (C=O) groups excluding carboxylic acids is 2. The molecule has 1 atom stereocenters. The smallest absolute Gasteiger partial charge is 0.338 e. The molecular weight excluding hydrogens is 282 g/mol. The summed E-state index contributed by atoms with van der Waals surface area (Å²) in [5.74, 6) is -2.74. The number of amides is 2. The van der Waals surface area contributed by atoms with E-state index in [9.17, 15) is 24.5 Å². The Morgan fingerprint density at radius 3 is 2.67 bits per heavy atom. The number of nitrogens with one attached hydrogen (secondary N) is 2. The van der Waals surface area contributed by atoms with E-state index in [1.54, 1.807) is 0 Å². The van der Waals surface area contributed by atoms with E-state index in [0.717, 1.165) is 18.2 Å². The third kappa shape index (κ3) is 3.14. The number of rotatable bonds is 4. The maximum absolute atomic E-state index is 11.9. The van der Waals surface area contributed by atoms with Gasteiger partial charge < -0.3 is 15.7 Å². The van der Waals surface area contributed by atoms with Crippen molar-refractivity contribution in [1.82, 2.24) is 5.32 Å². The van der Waals surface area contributed by atoms with E-state index in [4.69, 9.17) is 5.11 Å². The molecule has 1 aliphatic heterocycles. The van der Waals surface area contributed by atoms with Crippen LogP contribution in [0.1, 0.15) is 16.8 Å². The number of aromatic carboxylic acids is 1. The highest BCUT2D eigenvalue weighted by Gasteiger charge is 2.29. The molecule has 1 aromatic carbocycles. The predicted molar refractivity (Wildman–Crippen MR) is 69.8 cm³/mol. The zero-order chi connectivity index (χ0) is 15.6. The van der Waals surface area contributed by atoms with Gasteiger partial charge in [0.05, 0.1) is 22.1 Å². The van der Waals surface area contributed by atoms with E-state index in [2.05, 4.69) is 10.6 Å². The number of anilines is 1. The molecule has 0 aliphatic carbocycles. The number of carbonyl (C=O) groups is 3. The molecule has 21 heavy (non-hydrogen) atoms. The molecule has 0 bridgehead atoms. The molecule has 2 amide bonds. The van der Waals surface area contributed by atoms with Crippen LogP contribution in [0.4, 0.5) is 11.4 Å². The number of hydrogen-bond donors (Lipinski definition) is 3. The maximum Gasteiger partial charge on any atom is 0.338 e. The molecule has 1 fully saturated rings. The molecule has 0 aromatic heterocycles. The zero-order valence-corrected chi connectivity index (χ0v) is 10.7. The van der Waals surface area contributed by atoms with E-state index in [-0.39, 0.29) is 35.8 Å². The Hall–Kier alpha value is -2.97. The fourth-order valence-corrected chi connectivity index (χ4v) is 1.96. The van der Waals surface area contributed by atoms with Gasteiger partial charge in [-0.2, -0.15) is 0 Å². The third-order valence-electron chi connectivity index (χ3n) is 3.05. The first kappa shape index (κ1) is 14.4. The molecule has 0 saturated carbocycles. The summed E-state index contributed by atoms with van der Waals surface area (Å²) in [6, 6.07) is 3.12. The number of nitrogens with zero attached hydrogens (tertiary/aromatic N) is 1. The molecule has 9 heteroatoms. The number of nitro benzene ring substituents is 1. The summed E-state index contributed by atoms with van der Waals surface area (Å²) in [7, 11) is 0. The second kappa shape index (κ2) is 5.57. The van der Waals surface area contributed by atoms with Crippen molar-refractivity contribution in [2.75, 3.05) is 11.9 Å². The van der Waals surface area contributed by atoms with Crippen LogP contribution in [0.3, 0.4) is 0 Å². The van der Waals surface area contributed by atoms with Gasteiger partial charge in [-0.05, 0) is 6.07 Å². The van der Waals surface area contributed by atoms with Crippen molar-refractivity contribution in [3.8, 4) is 0 Å². The van der Waals surface area contributed by atoms with E-state index in [0.29, 0.717) is 0 Å². The van der Waals surface area contributed by atoms with Gasteiger partial charge in [0.25, 0.3) is 5.69 Å². The first-order valence-corrected chi connectivity index (χ1v) is 5.98. The Labute approximate surface area is 118 Å². The molecule has 1 heterocycles. The molecule has 3 N–H and O–H groups in total.